The van der Waals surface area contributed by atoms with E-state index in [-0.39, 0.29) is 37.2 Å². The topological polar surface area (TPSA) is 102 Å². The second-order valence-electron chi connectivity index (χ2n) is 9.73. The first-order valence-corrected chi connectivity index (χ1v) is 14.8. The van der Waals surface area contributed by atoms with Crippen LogP contribution in [0, 0.1) is 6.92 Å². The molecule has 2 amide bonds. The van der Waals surface area contributed by atoms with Gasteiger partial charge in [-0.25, -0.2) is 0 Å². The standard InChI is InChI=1S/C30H27N3O5S2/c1-18-31-32-30(40-18)39-17-23-14-26(21-10-8-20(16-34)9-11-21)38-29(37-23)22-12-6-19(7-13-22)15-33-27(35)24-4-2-3-5-25(24)28(33)36/h2-13,23,26,29,34H,14-17H2,1H3. The van der Waals surface area contributed by atoms with Gasteiger partial charge in [0.1, 0.15) is 5.01 Å². The SMILES string of the molecule is Cc1nnc(SCC2CC(c3ccc(CO)cc3)OC(c3ccc(CN4C(=O)c5ccccc5C4=O)cc3)O2)s1. The first kappa shape index (κ1) is 26.8. The zero-order valence-electron chi connectivity index (χ0n) is 21.7. The molecular weight excluding hydrogens is 546 g/mol. The minimum absolute atomic E-state index is 0.00880. The summed E-state index contributed by atoms with van der Waals surface area (Å²) in [6.45, 7) is 2.12. The molecule has 3 aromatic carbocycles. The molecule has 1 saturated heterocycles. The first-order valence-electron chi connectivity index (χ1n) is 13.0. The number of aromatic nitrogens is 2. The lowest BCUT2D eigenvalue weighted by atomic mass is 10.0. The average molecular weight is 574 g/mol. The van der Waals surface area contributed by atoms with Gasteiger partial charge < -0.3 is 14.6 Å². The van der Waals surface area contributed by atoms with Crippen molar-refractivity contribution in [1.82, 2.24) is 15.1 Å². The zero-order chi connectivity index (χ0) is 27.6. The quantitative estimate of drug-likeness (QED) is 0.219. The number of ether oxygens (including phenoxy) is 2. The number of amides is 2. The number of carbonyl (C=O) groups is 2. The zero-order valence-corrected chi connectivity index (χ0v) is 23.4. The normalized spacial score (nSPS) is 20.6. The maximum Gasteiger partial charge on any atom is 0.261 e. The molecule has 3 heterocycles. The van der Waals surface area contributed by atoms with Gasteiger partial charge in [0.15, 0.2) is 10.6 Å². The van der Waals surface area contributed by atoms with Gasteiger partial charge in [-0.15, -0.1) is 10.2 Å². The van der Waals surface area contributed by atoms with Gasteiger partial charge in [-0.05, 0) is 35.7 Å². The predicted molar refractivity (Wildman–Crippen MR) is 151 cm³/mol. The molecule has 204 valence electrons. The molecule has 1 fully saturated rings. The summed E-state index contributed by atoms with van der Waals surface area (Å²) in [7, 11) is 0. The molecular formula is C30H27N3O5S2. The monoisotopic (exact) mass is 573 g/mol. The number of hydrogen-bond donors (Lipinski definition) is 1. The van der Waals surface area contributed by atoms with Crippen LogP contribution in [-0.4, -0.2) is 43.9 Å². The van der Waals surface area contributed by atoms with Crippen LogP contribution in [0.4, 0.5) is 0 Å². The smallest absolute Gasteiger partial charge is 0.261 e. The largest absolute Gasteiger partial charge is 0.392 e. The number of aryl methyl sites for hydroxylation is 1. The maximum atomic E-state index is 12.8. The molecule has 2 aliphatic rings. The molecule has 1 N–H and O–H groups in total. The molecule has 3 atom stereocenters. The lowest BCUT2D eigenvalue weighted by Crippen LogP contribution is -2.31. The molecule has 0 aliphatic carbocycles. The predicted octanol–water partition coefficient (Wildman–Crippen LogP) is 5.47. The summed E-state index contributed by atoms with van der Waals surface area (Å²) in [5.41, 5.74) is 4.44. The molecule has 4 aromatic rings. The number of nitrogens with zero attached hydrogens (tertiary/aromatic N) is 3. The Hall–Kier alpha value is -3.41. The van der Waals surface area contributed by atoms with Crippen molar-refractivity contribution in [2.45, 2.75) is 49.3 Å². The third-order valence-corrected chi connectivity index (χ3v) is 9.09. The number of benzene rings is 3. The van der Waals surface area contributed by atoms with Crippen molar-refractivity contribution >= 4 is 34.9 Å². The van der Waals surface area contributed by atoms with Gasteiger partial charge in [0.05, 0.1) is 36.5 Å². The molecule has 10 heteroatoms. The minimum atomic E-state index is -0.591. The Kier molecular flexibility index (Phi) is 7.77. The Morgan fingerprint density at radius 1 is 0.900 bits per heavy atom. The molecule has 6 rings (SSSR count). The highest BCUT2D eigenvalue weighted by molar-refractivity contribution is 8.01. The van der Waals surface area contributed by atoms with Crippen LogP contribution < -0.4 is 0 Å². The Balaban J connectivity index is 1.18. The summed E-state index contributed by atoms with van der Waals surface area (Å²) in [5.74, 6) is 0.159. The van der Waals surface area contributed by atoms with Crippen LogP contribution in [0.15, 0.2) is 77.1 Å². The van der Waals surface area contributed by atoms with E-state index in [1.807, 2.05) is 55.5 Å². The van der Waals surface area contributed by atoms with E-state index in [1.165, 1.54) is 4.90 Å². The minimum Gasteiger partial charge on any atom is -0.392 e. The van der Waals surface area contributed by atoms with Gasteiger partial charge in [0.2, 0.25) is 0 Å². The van der Waals surface area contributed by atoms with Gasteiger partial charge in [0, 0.05) is 17.7 Å². The molecule has 8 nitrogen and oxygen atoms in total. The highest BCUT2D eigenvalue weighted by Gasteiger charge is 2.35. The van der Waals surface area contributed by atoms with Crippen LogP contribution in [0.3, 0.4) is 0 Å². The van der Waals surface area contributed by atoms with Crippen LogP contribution in [0.2, 0.25) is 0 Å². The average Bonchev–Trinajstić information content (AvgIpc) is 3.52. The van der Waals surface area contributed by atoms with E-state index in [1.54, 1.807) is 47.4 Å². The van der Waals surface area contributed by atoms with Crippen molar-refractivity contribution in [3.8, 4) is 0 Å². The van der Waals surface area contributed by atoms with Crippen molar-refractivity contribution in [2.75, 3.05) is 5.75 Å². The summed E-state index contributed by atoms with van der Waals surface area (Å²) in [5, 5.41) is 18.7. The number of rotatable bonds is 8. The van der Waals surface area contributed by atoms with Crippen LogP contribution in [0.5, 0.6) is 0 Å². The summed E-state index contributed by atoms with van der Waals surface area (Å²) in [6, 6.07) is 22.3. The number of aliphatic hydroxyl groups is 1. The van der Waals surface area contributed by atoms with Gasteiger partial charge >= 0.3 is 0 Å². The summed E-state index contributed by atoms with van der Waals surface area (Å²) < 4.78 is 13.7. The molecule has 0 radical (unpaired) electrons. The highest BCUT2D eigenvalue weighted by atomic mass is 32.2. The van der Waals surface area contributed by atoms with E-state index in [9.17, 15) is 14.7 Å². The fraction of sp³-hybridized carbons (Fsp3) is 0.267. The van der Waals surface area contributed by atoms with Gasteiger partial charge in [0.25, 0.3) is 11.8 Å². The maximum absolute atomic E-state index is 12.8. The van der Waals surface area contributed by atoms with E-state index in [2.05, 4.69) is 10.2 Å². The number of thioether (sulfide) groups is 1. The lowest BCUT2D eigenvalue weighted by molar-refractivity contribution is -0.245. The fourth-order valence-corrected chi connectivity index (χ4v) is 6.73. The van der Waals surface area contributed by atoms with Crippen molar-refractivity contribution in [2.24, 2.45) is 0 Å². The Morgan fingerprint density at radius 2 is 1.55 bits per heavy atom. The van der Waals surface area contributed by atoms with Crippen molar-refractivity contribution < 1.29 is 24.2 Å². The van der Waals surface area contributed by atoms with E-state index in [4.69, 9.17) is 9.47 Å². The van der Waals surface area contributed by atoms with E-state index >= 15 is 0 Å². The Bertz CT molecular complexity index is 1490. The molecule has 0 bridgehead atoms. The van der Waals surface area contributed by atoms with Crippen LogP contribution >= 0.6 is 23.1 Å². The van der Waals surface area contributed by atoms with Crippen molar-refractivity contribution in [3.05, 3.63) is 111 Å². The third kappa shape index (κ3) is 5.59. The van der Waals surface area contributed by atoms with Crippen molar-refractivity contribution in [1.29, 1.82) is 0 Å². The molecule has 0 spiro atoms. The fourth-order valence-electron chi connectivity index (χ4n) is 4.87. The van der Waals surface area contributed by atoms with Crippen LogP contribution in [0.25, 0.3) is 0 Å². The van der Waals surface area contributed by atoms with E-state index in [0.29, 0.717) is 23.3 Å². The number of aliphatic hydroxyl groups excluding tert-OH is 1. The summed E-state index contributed by atoms with van der Waals surface area (Å²) in [6.07, 6.45) is -0.191. The van der Waals surface area contributed by atoms with Crippen molar-refractivity contribution in [3.63, 3.8) is 0 Å². The second kappa shape index (κ2) is 11.6. The number of fused-ring (bicyclic) bond motifs is 1. The Labute approximate surface area is 240 Å². The van der Waals surface area contributed by atoms with Crippen LogP contribution in [-0.2, 0) is 22.6 Å². The molecule has 40 heavy (non-hydrogen) atoms. The van der Waals surface area contributed by atoms with Gasteiger partial charge in [-0.3, -0.25) is 14.5 Å². The number of imide groups is 1. The summed E-state index contributed by atoms with van der Waals surface area (Å²) >= 11 is 3.19. The Morgan fingerprint density at radius 3 is 2.17 bits per heavy atom. The molecule has 2 aliphatic heterocycles. The number of carbonyl (C=O) groups excluding carboxylic acids is 2. The van der Waals surface area contributed by atoms with Gasteiger partial charge in [-0.2, -0.15) is 0 Å². The second-order valence-corrected chi connectivity index (χ2v) is 12.2. The van der Waals surface area contributed by atoms with E-state index < -0.39 is 6.29 Å². The van der Waals surface area contributed by atoms with E-state index in [0.717, 1.165) is 31.6 Å². The summed E-state index contributed by atoms with van der Waals surface area (Å²) in [4.78, 5) is 26.8. The molecule has 3 unspecified atom stereocenters. The molecule has 1 aromatic heterocycles. The highest BCUT2D eigenvalue weighted by Crippen LogP contribution is 2.40. The van der Waals surface area contributed by atoms with Gasteiger partial charge in [-0.1, -0.05) is 83.8 Å². The third-order valence-electron chi connectivity index (χ3n) is 6.99. The lowest BCUT2D eigenvalue weighted by Gasteiger charge is -2.36. The number of hydrogen-bond acceptors (Lipinski definition) is 9. The first-order chi connectivity index (χ1) is 19.5. The van der Waals surface area contributed by atoms with Crippen LogP contribution in [0.1, 0.15) is 66.8 Å². The molecule has 0 saturated carbocycles.